The van der Waals surface area contributed by atoms with Crippen LogP contribution in [0.4, 0.5) is 0 Å². The monoisotopic (exact) mass is 542 g/mol. The molecule has 39 heavy (non-hydrogen) atoms. The van der Waals surface area contributed by atoms with Gasteiger partial charge in [0.1, 0.15) is 18.5 Å². The second-order valence-corrected chi connectivity index (χ2v) is 11.4. The summed E-state index contributed by atoms with van der Waals surface area (Å²) in [4.78, 5) is 63.0. The number of esters is 3. The van der Waals surface area contributed by atoms with Crippen molar-refractivity contribution in [2.45, 2.75) is 86.9 Å². The molecule has 1 saturated carbocycles. The Morgan fingerprint density at radius 3 is 2.03 bits per heavy atom. The molecule has 0 amide bonds. The Bertz CT molecular complexity index is 1140. The normalized spacial score (nSPS) is 28.9. The van der Waals surface area contributed by atoms with E-state index in [1.165, 1.54) is 7.11 Å². The molecule has 2 aliphatic rings. The van der Waals surface area contributed by atoms with Crippen LogP contribution in [-0.4, -0.2) is 49.3 Å². The van der Waals surface area contributed by atoms with E-state index in [0.29, 0.717) is 23.1 Å². The number of ketones is 1. The van der Waals surface area contributed by atoms with Gasteiger partial charge in [-0.1, -0.05) is 39.0 Å². The van der Waals surface area contributed by atoms with Crippen molar-refractivity contribution in [1.29, 1.82) is 0 Å². The number of carbonyl (C=O) groups excluding carboxylic acids is 5. The van der Waals surface area contributed by atoms with Gasteiger partial charge in [0.2, 0.25) is 0 Å². The first-order valence-electron chi connectivity index (χ1n) is 13.3. The van der Waals surface area contributed by atoms with E-state index in [1.54, 1.807) is 46.8 Å². The molecule has 8 nitrogen and oxygen atoms in total. The van der Waals surface area contributed by atoms with Gasteiger partial charge in [-0.15, -0.1) is 0 Å². The smallest absolute Gasteiger partial charge is 0.333 e. The van der Waals surface area contributed by atoms with Gasteiger partial charge in [0.05, 0.1) is 7.11 Å². The molecule has 0 aliphatic heterocycles. The molecule has 8 heteroatoms. The first-order chi connectivity index (χ1) is 18.2. The van der Waals surface area contributed by atoms with Gasteiger partial charge in [-0.05, 0) is 75.9 Å². The van der Waals surface area contributed by atoms with E-state index in [2.05, 4.69) is 4.74 Å². The third-order valence-corrected chi connectivity index (χ3v) is 8.70. The molecule has 2 aliphatic carbocycles. The molecule has 0 bridgehead atoms. The van der Waals surface area contributed by atoms with Crippen molar-refractivity contribution in [2.75, 3.05) is 7.11 Å². The number of allylic oxidation sites excluding steroid dienone is 5. The van der Waals surface area contributed by atoms with E-state index in [9.17, 15) is 24.0 Å². The van der Waals surface area contributed by atoms with Gasteiger partial charge in [0, 0.05) is 29.1 Å². The van der Waals surface area contributed by atoms with Gasteiger partial charge in [-0.2, -0.15) is 0 Å². The standard InChI is InChI=1S/C31H42O8/c1-10-18(3)28(35)38-24-16-31(8)22(15-23(33)20(5)14-26(34)37-9)21(17-32)12-13-25(31)30(6,7)27(24)39-29(36)19(4)11-2/h10-12,14,17,22,24-25,27H,13,15-16H2,1-9H3. The van der Waals surface area contributed by atoms with Crippen LogP contribution in [-0.2, 0) is 38.2 Å². The molecule has 2 rings (SSSR count). The van der Waals surface area contributed by atoms with Crippen LogP contribution in [0.15, 0.2) is 46.6 Å². The first-order valence-corrected chi connectivity index (χ1v) is 13.3. The fourth-order valence-electron chi connectivity index (χ4n) is 6.09. The molecule has 0 spiro atoms. The highest BCUT2D eigenvalue weighted by Gasteiger charge is 2.61. The first kappa shape index (κ1) is 31.9. The number of rotatable bonds is 9. The van der Waals surface area contributed by atoms with E-state index in [1.807, 2.05) is 26.8 Å². The van der Waals surface area contributed by atoms with Gasteiger partial charge < -0.3 is 14.2 Å². The number of methoxy groups -OCH3 is 1. The van der Waals surface area contributed by atoms with Crippen molar-refractivity contribution in [1.82, 2.24) is 0 Å². The van der Waals surface area contributed by atoms with Crippen molar-refractivity contribution in [3.63, 3.8) is 0 Å². The predicted molar refractivity (Wildman–Crippen MR) is 146 cm³/mol. The topological polar surface area (TPSA) is 113 Å². The third-order valence-electron chi connectivity index (χ3n) is 8.70. The minimum atomic E-state index is -0.812. The Labute approximate surface area is 231 Å². The Kier molecular flexibility index (Phi) is 10.4. The molecular formula is C31H42O8. The predicted octanol–water partition coefficient (Wildman–Crippen LogP) is 5.02. The minimum absolute atomic E-state index is 0.0102. The Morgan fingerprint density at radius 1 is 0.949 bits per heavy atom. The summed E-state index contributed by atoms with van der Waals surface area (Å²) in [6.07, 6.45) is 6.32. The molecule has 1 fully saturated rings. The van der Waals surface area contributed by atoms with Crippen LogP contribution in [0.3, 0.4) is 0 Å². The van der Waals surface area contributed by atoms with Crippen LogP contribution in [0.25, 0.3) is 0 Å². The van der Waals surface area contributed by atoms with Crippen molar-refractivity contribution in [2.24, 2.45) is 22.7 Å². The summed E-state index contributed by atoms with van der Waals surface area (Å²) in [5.41, 5.74) is 0.239. The van der Waals surface area contributed by atoms with Crippen LogP contribution < -0.4 is 0 Å². The van der Waals surface area contributed by atoms with E-state index >= 15 is 0 Å². The second kappa shape index (κ2) is 12.7. The fourth-order valence-corrected chi connectivity index (χ4v) is 6.09. The molecule has 0 saturated heterocycles. The Morgan fingerprint density at radius 2 is 1.51 bits per heavy atom. The van der Waals surface area contributed by atoms with Crippen molar-refractivity contribution < 1.29 is 38.2 Å². The highest BCUT2D eigenvalue weighted by molar-refractivity contribution is 6.00. The second-order valence-electron chi connectivity index (χ2n) is 11.4. The Hall–Kier alpha value is -3.29. The van der Waals surface area contributed by atoms with Crippen LogP contribution >= 0.6 is 0 Å². The summed E-state index contributed by atoms with van der Waals surface area (Å²) < 4.78 is 16.7. The Balaban J connectivity index is 2.61. The molecule has 0 aromatic rings. The zero-order chi connectivity index (χ0) is 29.7. The van der Waals surface area contributed by atoms with Gasteiger partial charge >= 0.3 is 17.9 Å². The van der Waals surface area contributed by atoms with Gasteiger partial charge in [0.25, 0.3) is 0 Å². The summed E-state index contributed by atoms with van der Waals surface area (Å²) in [5.74, 6) is -2.54. The lowest BCUT2D eigenvalue weighted by Gasteiger charge is -2.60. The molecule has 5 unspecified atom stereocenters. The van der Waals surface area contributed by atoms with Crippen LogP contribution in [0.1, 0.15) is 74.7 Å². The molecule has 214 valence electrons. The maximum absolute atomic E-state index is 13.2. The summed E-state index contributed by atoms with van der Waals surface area (Å²) in [6, 6.07) is 0. The van der Waals surface area contributed by atoms with Gasteiger partial charge in [-0.25, -0.2) is 14.4 Å². The molecule has 5 atom stereocenters. The zero-order valence-electron chi connectivity index (χ0n) is 24.6. The quantitative estimate of drug-likeness (QED) is 0.173. The lowest BCUT2D eigenvalue weighted by molar-refractivity contribution is -0.210. The number of hydrogen-bond donors (Lipinski definition) is 0. The summed E-state index contributed by atoms with van der Waals surface area (Å²) >= 11 is 0. The summed E-state index contributed by atoms with van der Waals surface area (Å²) in [5, 5.41) is 0. The molecular weight excluding hydrogens is 500 g/mol. The maximum atomic E-state index is 13.2. The van der Waals surface area contributed by atoms with E-state index in [0.717, 1.165) is 12.4 Å². The fraction of sp³-hybridized carbons (Fsp3) is 0.581. The minimum Gasteiger partial charge on any atom is -0.466 e. The zero-order valence-corrected chi connectivity index (χ0v) is 24.6. The lowest BCUT2D eigenvalue weighted by atomic mass is 9.46. The average Bonchev–Trinajstić information content (AvgIpc) is 2.89. The van der Waals surface area contributed by atoms with Crippen LogP contribution in [0, 0.1) is 22.7 Å². The number of Topliss-reactive ketones (excluding diaryl/α,β-unsaturated/α-hetero) is 1. The largest absolute Gasteiger partial charge is 0.466 e. The SMILES string of the molecule is CC=C(C)C(=O)OC1CC2(C)C(CC(=O)C(C)=CC(=O)OC)C(C=O)=CCC2C(C)(C)C1OC(=O)C(C)=CC. The number of fused-ring (bicyclic) bond motifs is 1. The van der Waals surface area contributed by atoms with E-state index in [4.69, 9.17) is 9.47 Å². The number of carbonyl (C=O) groups is 5. The highest BCUT2D eigenvalue weighted by Crippen LogP contribution is 2.61. The van der Waals surface area contributed by atoms with Crippen molar-refractivity contribution >= 4 is 30.0 Å². The van der Waals surface area contributed by atoms with Crippen molar-refractivity contribution in [3.8, 4) is 0 Å². The number of ether oxygens (including phenoxy) is 3. The maximum Gasteiger partial charge on any atom is 0.333 e. The third kappa shape index (κ3) is 6.65. The highest BCUT2D eigenvalue weighted by atomic mass is 16.6. The van der Waals surface area contributed by atoms with Gasteiger partial charge in [-0.3, -0.25) is 9.59 Å². The van der Waals surface area contributed by atoms with Crippen molar-refractivity contribution in [3.05, 3.63) is 46.6 Å². The van der Waals surface area contributed by atoms with E-state index in [-0.39, 0.29) is 30.1 Å². The molecule has 0 N–H and O–H groups in total. The number of aldehydes is 1. The van der Waals surface area contributed by atoms with E-state index < -0.39 is 46.9 Å². The lowest BCUT2D eigenvalue weighted by Crippen LogP contribution is -2.61. The molecule has 0 aromatic heterocycles. The summed E-state index contributed by atoms with van der Waals surface area (Å²) in [6.45, 7) is 14.3. The average molecular weight is 543 g/mol. The molecule has 0 radical (unpaired) electrons. The van der Waals surface area contributed by atoms with Crippen LogP contribution in [0.5, 0.6) is 0 Å². The summed E-state index contributed by atoms with van der Waals surface area (Å²) in [7, 11) is 1.23. The molecule has 0 aromatic carbocycles. The molecule has 0 heterocycles. The number of hydrogen-bond acceptors (Lipinski definition) is 8. The van der Waals surface area contributed by atoms with Gasteiger partial charge in [0.15, 0.2) is 5.78 Å². The van der Waals surface area contributed by atoms with Crippen LogP contribution in [0.2, 0.25) is 0 Å².